The van der Waals surface area contributed by atoms with E-state index in [1.165, 1.54) is 6.08 Å². The molecule has 4 rings (SSSR count). The zero-order chi connectivity index (χ0) is 16.4. The second-order valence-corrected chi connectivity index (χ2v) is 6.31. The van der Waals surface area contributed by atoms with E-state index in [2.05, 4.69) is 4.98 Å². The highest BCUT2D eigenvalue weighted by Gasteiger charge is 2.06. The molecule has 1 aromatic heterocycles. The summed E-state index contributed by atoms with van der Waals surface area (Å²) >= 11 is 1.54. The Balaban J connectivity index is 1.55. The Bertz CT molecular complexity index is 1030. The van der Waals surface area contributed by atoms with Gasteiger partial charge in [0.1, 0.15) is 10.8 Å². The van der Waals surface area contributed by atoms with Crippen molar-refractivity contribution < 1.29 is 9.53 Å². The van der Waals surface area contributed by atoms with Gasteiger partial charge in [0.2, 0.25) is 0 Å². The summed E-state index contributed by atoms with van der Waals surface area (Å²) in [7, 11) is 0. The van der Waals surface area contributed by atoms with E-state index in [9.17, 15) is 4.79 Å². The third kappa shape index (κ3) is 2.92. The van der Waals surface area contributed by atoms with Crippen molar-refractivity contribution in [1.29, 1.82) is 0 Å². The number of carbonyl (C=O) groups is 1. The average molecular weight is 331 g/mol. The average Bonchev–Trinajstić information content (AvgIpc) is 3.03. The Kier molecular flexibility index (Phi) is 3.81. The highest BCUT2D eigenvalue weighted by atomic mass is 32.1. The van der Waals surface area contributed by atoms with E-state index in [0.29, 0.717) is 5.75 Å². The number of thiazole rings is 1. The number of carbonyl (C=O) groups excluding carboxylic acids is 1. The first-order chi connectivity index (χ1) is 11.8. The first-order valence-corrected chi connectivity index (χ1v) is 8.34. The second kappa shape index (κ2) is 6.26. The number of nitrogens with zero attached hydrogens (tertiary/aromatic N) is 1. The summed E-state index contributed by atoms with van der Waals surface area (Å²) in [6.45, 7) is 0. The molecule has 0 N–H and O–H groups in total. The van der Waals surface area contributed by atoms with Crippen LogP contribution in [0.25, 0.3) is 27.1 Å². The van der Waals surface area contributed by atoms with Crippen molar-refractivity contribution in [2.45, 2.75) is 0 Å². The van der Waals surface area contributed by atoms with Crippen LogP contribution in [-0.4, -0.2) is 11.0 Å². The number of aromatic nitrogens is 1. The molecular formula is C20H13NO2S. The van der Waals surface area contributed by atoms with Crippen molar-refractivity contribution >= 4 is 44.4 Å². The normalized spacial score (nSPS) is 11.3. The van der Waals surface area contributed by atoms with E-state index in [-0.39, 0.29) is 0 Å². The van der Waals surface area contributed by atoms with Crippen molar-refractivity contribution in [3.63, 3.8) is 0 Å². The van der Waals surface area contributed by atoms with Gasteiger partial charge in [0, 0.05) is 11.5 Å². The third-order valence-corrected chi connectivity index (χ3v) is 4.63. The number of para-hydroxylation sites is 1. The van der Waals surface area contributed by atoms with Gasteiger partial charge in [-0.3, -0.25) is 0 Å². The van der Waals surface area contributed by atoms with Gasteiger partial charge >= 0.3 is 5.97 Å². The number of ether oxygens (including phenoxy) is 1. The van der Waals surface area contributed by atoms with Crippen LogP contribution in [0.2, 0.25) is 0 Å². The molecule has 0 atom stereocenters. The Morgan fingerprint density at radius 2 is 1.75 bits per heavy atom. The van der Waals surface area contributed by atoms with E-state index in [1.54, 1.807) is 23.5 Å². The van der Waals surface area contributed by atoms with Gasteiger partial charge in [0.15, 0.2) is 0 Å². The standard InChI is InChI=1S/C20H13NO2S/c22-20(13-12-19-21-16-9-3-4-11-18(16)24-19)23-17-10-5-7-14-6-1-2-8-15(14)17/h1-13H/b13-12+. The van der Waals surface area contributed by atoms with Crippen LogP contribution in [0.4, 0.5) is 0 Å². The summed E-state index contributed by atoms with van der Waals surface area (Å²) in [5.41, 5.74) is 0.935. The molecule has 0 fully saturated rings. The fourth-order valence-corrected chi connectivity index (χ4v) is 3.40. The molecule has 0 saturated heterocycles. The van der Waals surface area contributed by atoms with Crippen LogP contribution in [0.5, 0.6) is 5.75 Å². The molecule has 0 bridgehead atoms. The lowest BCUT2D eigenvalue weighted by atomic mass is 10.1. The fraction of sp³-hybridized carbons (Fsp3) is 0. The van der Waals surface area contributed by atoms with Gasteiger partial charge in [-0.2, -0.15) is 0 Å². The van der Waals surface area contributed by atoms with Crippen LogP contribution < -0.4 is 4.74 Å². The molecule has 4 aromatic rings. The van der Waals surface area contributed by atoms with Gasteiger partial charge in [-0.05, 0) is 29.7 Å². The van der Waals surface area contributed by atoms with Gasteiger partial charge in [0.05, 0.1) is 10.2 Å². The SMILES string of the molecule is O=C(/C=C/c1nc2ccccc2s1)Oc1cccc2ccccc12. The van der Waals surface area contributed by atoms with Crippen molar-refractivity contribution in [2.75, 3.05) is 0 Å². The van der Waals surface area contributed by atoms with Gasteiger partial charge in [-0.15, -0.1) is 11.3 Å². The van der Waals surface area contributed by atoms with Crippen molar-refractivity contribution in [3.05, 3.63) is 77.8 Å². The summed E-state index contributed by atoms with van der Waals surface area (Å²) in [4.78, 5) is 16.6. The predicted molar refractivity (Wildman–Crippen MR) is 98.2 cm³/mol. The molecular weight excluding hydrogens is 318 g/mol. The minimum atomic E-state index is -0.411. The number of benzene rings is 3. The molecule has 24 heavy (non-hydrogen) atoms. The van der Waals surface area contributed by atoms with E-state index in [4.69, 9.17) is 4.74 Å². The topological polar surface area (TPSA) is 39.2 Å². The molecule has 0 spiro atoms. The minimum Gasteiger partial charge on any atom is -0.423 e. The van der Waals surface area contributed by atoms with Gasteiger partial charge < -0.3 is 4.74 Å². The van der Waals surface area contributed by atoms with Crippen LogP contribution in [0, 0.1) is 0 Å². The summed E-state index contributed by atoms with van der Waals surface area (Å²) in [5.74, 6) is 0.151. The molecule has 3 aromatic carbocycles. The zero-order valence-corrected chi connectivity index (χ0v) is 13.5. The largest absolute Gasteiger partial charge is 0.423 e. The number of hydrogen-bond donors (Lipinski definition) is 0. The van der Waals surface area contributed by atoms with Crippen molar-refractivity contribution in [3.8, 4) is 5.75 Å². The maximum atomic E-state index is 12.1. The van der Waals surface area contributed by atoms with E-state index < -0.39 is 5.97 Å². The summed E-state index contributed by atoms with van der Waals surface area (Å²) in [6, 6.07) is 21.4. The second-order valence-electron chi connectivity index (χ2n) is 5.25. The molecule has 0 unspecified atom stereocenters. The summed E-state index contributed by atoms with van der Waals surface area (Å²) in [6.07, 6.45) is 3.11. The van der Waals surface area contributed by atoms with Crippen molar-refractivity contribution in [1.82, 2.24) is 4.98 Å². The van der Waals surface area contributed by atoms with Gasteiger partial charge in [0.25, 0.3) is 0 Å². The quantitative estimate of drug-likeness (QED) is 0.299. The molecule has 0 aliphatic heterocycles. The Labute approximate surface area is 142 Å². The molecule has 0 saturated carbocycles. The molecule has 0 radical (unpaired) electrons. The van der Waals surface area contributed by atoms with Crippen molar-refractivity contribution in [2.24, 2.45) is 0 Å². The lowest BCUT2D eigenvalue weighted by molar-refractivity contribution is -0.128. The number of rotatable bonds is 3. The summed E-state index contributed by atoms with van der Waals surface area (Å²) < 4.78 is 6.57. The van der Waals surface area contributed by atoms with Gasteiger partial charge in [-0.25, -0.2) is 9.78 Å². The molecule has 3 nitrogen and oxygen atoms in total. The van der Waals surface area contributed by atoms with Crippen LogP contribution in [0.3, 0.4) is 0 Å². The molecule has 0 aliphatic carbocycles. The molecule has 0 amide bonds. The van der Waals surface area contributed by atoms with Gasteiger partial charge in [-0.1, -0.05) is 48.5 Å². The van der Waals surface area contributed by atoms with E-state index in [1.807, 2.05) is 60.7 Å². The Morgan fingerprint density at radius 3 is 2.67 bits per heavy atom. The number of fused-ring (bicyclic) bond motifs is 2. The highest BCUT2D eigenvalue weighted by Crippen LogP contribution is 2.26. The molecule has 1 heterocycles. The monoisotopic (exact) mass is 331 g/mol. The Hall–Kier alpha value is -2.98. The lowest BCUT2D eigenvalue weighted by Gasteiger charge is -2.05. The maximum Gasteiger partial charge on any atom is 0.336 e. The first-order valence-electron chi connectivity index (χ1n) is 7.53. The third-order valence-electron chi connectivity index (χ3n) is 3.63. The zero-order valence-electron chi connectivity index (χ0n) is 12.7. The number of hydrogen-bond acceptors (Lipinski definition) is 4. The number of esters is 1. The molecule has 116 valence electrons. The minimum absolute atomic E-state index is 0.411. The van der Waals surface area contributed by atoms with Crippen LogP contribution in [0.15, 0.2) is 72.8 Å². The van der Waals surface area contributed by atoms with Crippen LogP contribution >= 0.6 is 11.3 Å². The fourth-order valence-electron chi connectivity index (χ4n) is 2.53. The van der Waals surface area contributed by atoms with E-state index in [0.717, 1.165) is 26.0 Å². The highest BCUT2D eigenvalue weighted by molar-refractivity contribution is 7.19. The first kappa shape index (κ1) is 14.6. The van der Waals surface area contributed by atoms with E-state index >= 15 is 0 Å². The summed E-state index contributed by atoms with van der Waals surface area (Å²) in [5, 5.41) is 2.74. The van der Waals surface area contributed by atoms with Crippen LogP contribution in [-0.2, 0) is 4.79 Å². The van der Waals surface area contributed by atoms with Crippen LogP contribution in [0.1, 0.15) is 5.01 Å². The maximum absolute atomic E-state index is 12.1. The predicted octanol–water partition coefficient (Wildman–Crippen LogP) is 5.07. The Morgan fingerprint density at radius 1 is 0.958 bits per heavy atom. The lowest BCUT2D eigenvalue weighted by Crippen LogP contribution is -2.03. The smallest absolute Gasteiger partial charge is 0.336 e. The molecule has 4 heteroatoms. The molecule has 0 aliphatic rings.